The average molecular weight is 387 g/mol. The maximum Gasteiger partial charge on any atom is 0.277 e. The average Bonchev–Trinajstić information content (AvgIpc) is 3.08. The molecule has 0 bridgehead atoms. The first kappa shape index (κ1) is 16.5. The number of rotatable bonds is 4. The van der Waals surface area contributed by atoms with E-state index >= 15 is 0 Å². The Bertz CT molecular complexity index is 1040. The highest BCUT2D eigenvalue weighted by Crippen LogP contribution is 2.32. The fraction of sp³-hybridized carbons (Fsp3) is 0.0526. The van der Waals surface area contributed by atoms with Crippen molar-refractivity contribution in [2.75, 3.05) is 0 Å². The van der Waals surface area contributed by atoms with Gasteiger partial charge in [0, 0.05) is 10.8 Å². The monoisotopic (exact) mass is 386 g/mol. The van der Waals surface area contributed by atoms with Crippen molar-refractivity contribution < 1.29 is 4.42 Å². The van der Waals surface area contributed by atoms with E-state index in [4.69, 9.17) is 27.6 Å². The summed E-state index contributed by atoms with van der Waals surface area (Å²) in [5, 5.41) is 12.2. The summed E-state index contributed by atoms with van der Waals surface area (Å²) in [4.78, 5) is 0. The summed E-state index contributed by atoms with van der Waals surface area (Å²) in [6, 6.07) is 19.8. The third kappa shape index (κ3) is 3.52. The van der Waals surface area contributed by atoms with E-state index in [0.717, 1.165) is 5.75 Å². The molecule has 124 valence electrons. The number of benzene rings is 3. The van der Waals surface area contributed by atoms with Gasteiger partial charge < -0.3 is 4.42 Å². The Hall–Kier alpha value is -2.01. The van der Waals surface area contributed by atoms with Gasteiger partial charge in [-0.15, -0.1) is 10.2 Å². The molecule has 3 aromatic carbocycles. The van der Waals surface area contributed by atoms with E-state index in [2.05, 4.69) is 40.5 Å². The Morgan fingerprint density at radius 1 is 0.920 bits per heavy atom. The Morgan fingerprint density at radius 3 is 2.64 bits per heavy atom. The van der Waals surface area contributed by atoms with Crippen LogP contribution in [0.15, 0.2) is 70.3 Å². The fourth-order valence-corrected chi connectivity index (χ4v) is 3.85. The van der Waals surface area contributed by atoms with Crippen LogP contribution in [0.2, 0.25) is 10.0 Å². The topological polar surface area (TPSA) is 38.9 Å². The van der Waals surface area contributed by atoms with Gasteiger partial charge in [0.05, 0.1) is 10.6 Å². The summed E-state index contributed by atoms with van der Waals surface area (Å²) in [5.74, 6) is 1.14. The summed E-state index contributed by atoms with van der Waals surface area (Å²) >= 11 is 13.6. The van der Waals surface area contributed by atoms with Crippen molar-refractivity contribution in [1.29, 1.82) is 0 Å². The first-order valence-corrected chi connectivity index (χ1v) is 9.33. The van der Waals surface area contributed by atoms with Gasteiger partial charge in [0.25, 0.3) is 5.22 Å². The van der Waals surface area contributed by atoms with Crippen LogP contribution in [0.1, 0.15) is 5.56 Å². The molecule has 0 aliphatic rings. The van der Waals surface area contributed by atoms with Crippen LogP contribution in [0.5, 0.6) is 0 Å². The van der Waals surface area contributed by atoms with Gasteiger partial charge in [-0.2, -0.15) is 0 Å². The third-order valence-electron chi connectivity index (χ3n) is 3.80. The Kier molecular flexibility index (Phi) is 4.66. The van der Waals surface area contributed by atoms with Crippen LogP contribution in [-0.4, -0.2) is 10.2 Å². The minimum absolute atomic E-state index is 0.391. The number of halogens is 2. The Labute approximate surface area is 159 Å². The van der Waals surface area contributed by atoms with Crippen LogP contribution in [-0.2, 0) is 5.75 Å². The van der Waals surface area contributed by atoms with E-state index in [9.17, 15) is 0 Å². The predicted molar refractivity (Wildman–Crippen MR) is 103 cm³/mol. The summed E-state index contributed by atoms with van der Waals surface area (Å²) in [6.45, 7) is 0. The molecule has 0 saturated carbocycles. The minimum atomic E-state index is 0.391. The molecule has 1 heterocycles. The molecule has 0 fully saturated rings. The van der Waals surface area contributed by atoms with Gasteiger partial charge in [-0.3, -0.25) is 0 Å². The Balaban J connectivity index is 1.55. The normalized spacial score (nSPS) is 11.1. The van der Waals surface area contributed by atoms with Gasteiger partial charge in [0.15, 0.2) is 0 Å². The molecular weight excluding hydrogens is 375 g/mol. The van der Waals surface area contributed by atoms with Crippen LogP contribution < -0.4 is 0 Å². The molecule has 0 N–H and O–H groups in total. The number of thioether (sulfide) groups is 1. The molecule has 0 saturated heterocycles. The molecule has 3 nitrogen and oxygen atoms in total. The highest BCUT2D eigenvalue weighted by Gasteiger charge is 2.13. The van der Waals surface area contributed by atoms with Crippen molar-refractivity contribution in [1.82, 2.24) is 10.2 Å². The van der Waals surface area contributed by atoms with E-state index < -0.39 is 0 Å². The van der Waals surface area contributed by atoms with Crippen LogP contribution in [0.25, 0.3) is 22.2 Å². The quantitative estimate of drug-likeness (QED) is 0.375. The van der Waals surface area contributed by atoms with E-state index in [0.29, 0.717) is 26.7 Å². The summed E-state index contributed by atoms with van der Waals surface area (Å²) in [6.07, 6.45) is 0. The van der Waals surface area contributed by atoms with Gasteiger partial charge >= 0.3 is 0 Å². The van der Waals surface area contributed by atoms with Crippen LogP contribution in [0, 0.1) is 0 Å². The first-order chi connectivity index (χ1) is 12.2. The lowest BCUT2D eigenvalue weighted by Gasteiger charge is -2.04. The van der Waals surface area contributed by atoms with Crippen molar-refractivity contribution in [2.45, 2.75) is 11.0 Å². The SMILES string of the molecule is Clc1ccc(-c2nnc(SCc3cccc4ccccc34)o2)c(Cl)c1. The molecule has 0 aliphatic heterocycles. The second kappa shape index (κ2) is 7.08. The smallest absolute Gasteiger partial charge is 0.277 e. The van der Waals surface area contributed by atoms with E-state index in [1.165, 1.54) is 28.1 Å². The maximum absolute atomic E-state index is 6.19. The van der Waals surface area contributed by atoms with Crippen molar-refractivity contribution >= 4 is 45.7 Å². The number of hydrogen-bond acceptors (Lipinski definition) is 4. The maximum atomic E-state index is 6.19. The molecule has 0 unspecified atom stereocenters. The van der Waals surface area contributed by atoms with Crippen molar-refractivity contribution in [3.05, 3.63) is 76.3 Å². The molecule has 0 amide bonds. The van der Waals surface area contributed by atoms with Gasteiger partial charge in [-0.25, -0.2) is 0 Å². The second-order valence-corrected chi connectivity index (χ2v) is 7.19. The van der Waals surface area contributed by atoms with Crippen LogP contribution in [0.3, 0.4) is 0 Å². The lowest BCUT2D eigenvalue weighted by molar-refractivity contribution is 0.466. The molecule has 4 aromatic rings. The number of hydrogen-bond donors (Lipinski definition) is 0. The molecular formula is C19H12Cl2N2OS. The lowest BCUT2D eigenvalue weighted by Crippen LogP contribution is -1.84. The fourth-order valence-electron chi connectivity index (χ4n) is 2.60. The summed E-state index contributed by atoms with van der Waals surface area (Å²) in [5.41, 5.74) is 1.91. The highest BCUT2D eigenvalue weighted by molar-refractivity contribution is 7.98. The molecule has 25 heavy (non-hydrogen) atoms. The van der Waals surface area contributed by atoms with E-state index in [1.807, 2.05) is 12.1 Å². The minimum Gasteiger partial charge on any atom is -0.411 e. The zero-order valence-corrected chi connectivity index (χ0v) is 15.3. The van der Waals surface area contributed by atoms with E-state index in [-0.39, 0.29) is 0 Å². The van der Waals surface area contributed by atoms with Gasteiger partial charge in [-0.05, 0) is 34.5 Å². The van der Waals surface area contributed by atoms with Crippen LogP contribution >= 0.6 is 35.0 Å². The van der Waals surface area contributed by atoms with Gasteiger partial charge in [-0.1, -0.05) is 77.4 Å². The molecule has 0 spiro atoms. The first-order valence-electron chi connectivity index (χ1n) is 7.59. The van der Waals surface area contributed by atoms with E-state index in [1.54, 1.807) is 18.2 Å². The molecule has 0 radical (unpaired) electrons. The third-order valence-corrected chi connectivity index (χ3v) is 5.21. The molecule has 1 aromatic heterocycles. The summed E-state index contributed by atoms with van der Waals surface area (Å²) in [7, 11) is 0. The van der Waals surface area contributed by atoms with Crippen LogP contribution in [0.4, 0.5) is 0 Å². The zero-order valence-electron chi connectivity index (χ0n) is 12.9. The highest BCUT2D eigenvalue weighted by atomic mass is 35.5. The molecule has 6 heteroatoms. The largest absolute Gasteiger partial charge is 0.411 e. The Morgan fingerprint density at radius 2 is 1.76 bits per heavy atom. The second-order valence-electron chi connectivity index (χ2n) is 5.42. The standard InChI is InChI=1S/C19H12Cl2N2OS/c20-14-8-9-16(17(21)10-14)18-22-23-19(24-18)25-11-13-6-3-5-12-4-1-2-7-15(12)13/h1-10H,11H2. The van der Waals surface area contributed by atoms with Gasteiger partial charge in [0.2, 0.25) is 5.89 Å². The number of nitrogens with zero attached hydrogens (tertiary/aromatic N) is 2. The molecule has 0 atom stereocenters. The van der Waals surface area contributed by atoms with Crippen molar-refractivity contribution in [3.8, 4) is 11.5 Å². The molecule has 0 aliphatic carbocycles. The van der Waals surface area contributed by atoms with Crippen molar-refractivity contribution in [2.24, 2.45) is 0 Å². The van der Waals surface area contributed by atoms with Gasteiger partial charge in [0.1, 0.15) is 0 Å². The number of fused-ring (bicyclic) bond motifs is 1. The number of aromatic nitrogens is 2. The molecule has 4 rings (SSSR count). The van der Waals surface area contributed by atoms with Crippen molar-refractivity contribution in [3.63, 3.8) is 0 Å². The zero-order chi connectivity index (χ0) is 17.2. The predicted octanol–water partition coefficient (Wildman–Crippen LogP) is 6.49. The summed E-state index contributed by atoms with van der Waals surface area (Å²) < 4.78 is 5.74. The lowest BCUT2D eigenvalue weighted by atomic mass is 10.1.